The van der Waals surface area contributed by atoms with Crippen molar-refractivity contribution in [1.29, 1.82) is 0 Å². The molecule has 4 aromatic rings. The van der Waals surface area contributed by atoms with E-state index in [9.17, 15) is 60.7 Å². The van der Waals surface area contributed by atoms with Crippen molar-refractivity contribution in [2.45, 2.75) is 30.5 Å². The number of rotatable bonds is 4. The van der Waals surface area contributed by atoms with Crippen molar-refractivity contribution in [1.82, 2.24) is 0 Å². The maximum atomic E-state index is 13.2. The SMILES string of the molecule is O=C(OC[C@H]1O[C@@H](c2c(O)cc3oc4cc(O)c(O)cc4c(=O)c3c2O)[C@H](O)[C@@H](O)[C@@H]1O)c1cc(O)c(O)c(O)c1. The van der Waals surface area contributed by atoms with Gasteiger partial charge in [0.1, 0.15) is 65.2 Å². The fourth-order valence-corrected chi connectivity index (χ4v) is 4.59. The molecule has 3 aromatic carbocycles. The van der Waals surface area contributed by atoms with Crippen molar-refractivity contribution in [3.63, 3.8) is 0 Å². The summed E-state index contributed by atoms with van der Waals surface area (Å²) in [7, 11) is 0. The van der Waals surface area contributed by atoms with Crippen LogP contribution in [0.4, 0.5) is 0 Å². The number of hydrogen-bond donors (Lipinski definition) is 10. The number of aliphatic hydroxyl groups excluding tert-OH is 3. The third kappa shape index (κ3) is 4.52. The van der Waals surface area contributed by atoms with Gasteiger partial charge in [-0.3, -0.25) is 4.79 Å². The average Bonchev–Trinajstić information content (AvgIpc) is 2.91. The highest BCUT2D eigenvalue weighted by Crippen LogP contribution is 2.45. The maximum Gasteiger partial charge on any atom is 0.338 e. The average molecular weight is 574 g/mol. The van der Waals surface area contributed by atoms with Crippen LogP contribution in [-0.4, -0.2) is 88.1 Å². The summed E-state index contributed by atoms with van der Waals surface area (Å²) in [5.74, 6) is -6.62. The molecule has 1 saturated heterocycles. The number of fused-ring (bicyclic) bond motifs is 2. The zero-order chi connectivity index (χ0) is 29.9. The number of carbonyl (C=O) groups is 1. The van der Waals surface area contributed by atoms with E-state index >= 15 is 0 Å². The lowest BCUT2D eigenvalue weighted by molar-refractivity contribution is -0.232. The van der Waals surface area contributed by atoms with Gasteiger partial charge in [-0.1, -0.05) is 0 Å². The molecule has 1 aliphatic rings. The summed E-state index contributed by atoms with van der Waals surface area (Å²) in [4.78, 5) is 25.6. The summed E-state index contributed by atoms with van der Waals surface area (Å²) >= 11 is 0. The van der Waals surface area contributed by atoms with Crippen molar-refractivity contribution in [2.24, 2.45) is 0 Å². The number of carbonyl (C=O) groups excluding carboxylic acids is 1. The molecule has 0 aliphatic carbocycles. The molecule has 0 spiro atoms. The van der Waals surface area contributed by atoms with Gasteiger partial charge in [0.05, 0.1) is 16.5 Å². The second-order valence-electron chi connectivity index (χ2n) is 9.33. The van der Waals surface area contributed by atoms with Gasteiger partial charge in [-0.25, -0.2) is 4.79 Å². The van der Waals surface area contributed by atoms with Gasteiger partial charge in [-0.05, 0) is 18.2 Å². The van der Waals surface area contributed by atoms with E-state index < -0.39 is 105 Å². The molecule has 15 nitrogen and oxygen atoms in total. The van der Waals surface area contributed by atoms with Gasteiger partial charge in [0.2, 0.25) is 5.43 Å². The predicted octanol–water partition coefficient (Wildman–Crippen LogP) is 0.265. The Hall–Kier alpha value is -4.96. The van der Waals surface area contributed by atoms with Gasteiger partial charge in [0, 0.05) is 12.1 Å². The standard InChI is InChI=1S/C26H22O15/c27-9-3-8-14(4-10(9)28)40-15-5-11(29)17(22(35)18(15)19(8)32)25-24(37)23(36)21(34)16(41-25)6-39-26(38)7-1-12(30)20(33)13(31)2-7/h1-5,16,21,23-25,27-31,33-37H,6H2/t16-,21-,23+,24-,25+/m1/s1. The van der Waals surface area contributed by atoms with E-state index in [-0.39, 0.29) is 16.6 Å². The summed E-state index contributed by atoms with van der Waals surface area (Å²) in [5.41, 5.74) is -2.41. The molecule has 0 bridgehead atoms. The van der Waals surface area contributed by atoms with Gasteiger partial charge in [0.25, 0.3) is 0 Å². The lowest BCUT2D eigenvalue weighted by Gasteiger charge is -2.40. The molecule has 216 valence electrons. The topological polar surface area (TPSA) is 268 Å². The summed E-state index contributed by atoms with van der Waals surface area (Å²) in [6, 6.07) is 4.33. The second kappa shape index (κ2) is 9.90. The molecule has 0 saturated carbocycles. The van der Waals surface area contributed by atoms with Crippen LogP contribution in [0, 0.1) is 0 Å². The van der Waals surface area contributed by atoms with Crippen LogP contribution in [0.25, 0.3) is 21.9 Å². The summed E-state index contributed by atoms with van der Waals surface area (Å²) in [5, 5.41) is 101. The number of esters is 1. The molecule has 0 unspecified atom stereocenters. The molecule has 1 fully saturated rings. The third-order valence-corrected chi connectivity index (χ3v) is 6.73. The van der Waals surface area contributed by atoms with Crippen LogP contribution < -0.4 is 5.43 Å². The Bertz CT molecular complexity index is 1740. The number of aliphatic hydroxyl groups is 3. The fraction of sp³-hybridized carbons (Fsp3) is 0.231. The second-order valence-corrected chi connectivity index (χ2v) is 9.33. The Labute approximate surface area is 227 Å². The van der Waals surface area contributed by atoms with Crippen molar-refractivity contribution >= 4 is 27.9 Å². The minimum absolute atomic E-state index is 0.186. The molecule has 15 heteroatoms. The number of benzene rings is 3. The first-order valence-electron chi connectivity index (χ1n) is 11.8. The quantitative estimate of drug-likeness (QED) is 0.0890. The van der Waals surface area contributed by atoms with Gasteiger partial charge in [-0.2, -0.15) is 0 Å². The monoisotopic (exact) mass is 574 g/mol. The van der Waals surface area contributed by atoms with Gasteiger partial charge in [-0.15, -0.1) is 0 Å². The number of ether oxygens (including phenoxy) is 2. The van der Waals surface area contributed by atoms with Crippen LogP contribution in [0.2, 0.25) is 0 Å². The molecule has 10 N–H and O–H groups in total. The van der Waals surface area contributed by atoms with Gasteiger partial charge in [0.15, 0.2) is 28.7 Å². The minimum atomic E-state index is -1.98. The van der Waals surface area contributed by atoms with Crippen molar-refractivity contribution in [3.8, 4) is 40.2 Å². The van der Waals surface area contributed by atoms with E-state index in [0.717, 1.165) is 30.3 Å². The van der Waals surface area contributed by atoms with Crippen molar-refractivity contribution in [3.05, 3.63) is 51.7 Å². The summed E-state index contributed by atoms with van der Waals surface area (Å²) in [6.45, 7) is -0.784. The number of aromatic hydroxyl groups is 7. The first kappa shape index (κ1) is 27.6. The van der Waals surface area contributed by atoms with Crippen LogP contribution in [0.15, 0.2) is 39.5 Å². The van der Waals surface area contributed by atoms with E-state index in [1.54, 1.807) is 0 Å². The number of phenols is 7. The van der Waals surface area contributed by atoms with Crippen LogP contribution >= 0.6 is 0 Å². The van der Waals surface area contributed by atoms with Crippen LogP contribution in [0.3, 0.4) is 0 Å². The smallest absolute Gasteiger partial charge is 0.338 e. The normalized spacial score (nSPS) is 22.7. The fourth-order valence-electron chi connectivity index (χ4n) is 4.59. The first-order chi connectivity index (χ1) is 19.3. The van der Waals surface area contributed by atoms with Crippen LogP contribution in [0.5, 0.6) is 40.2 Å². The zero-order valence-corrected chi connectivity index (χ0v) is 20.5. The van der Waals surface area contributed by atoms with Crippen molar-refractivity contribution < 1.29 is 69.8 Å². The van der Waals surface area contributed by atoms with E-state index in [0.29, 0.717) is 0 Å². The van der Waals surface area contributed by atoms with Crippen LogP contribution in [0.1, 0.15) is 22.0 Å². The Kier molecular flexibility index (Phi) is 6.66. The Morgan fingerprint density at radius 1 is 0.732 bits per heavy atom. The molecular weight excluding hydrogens is 552 g/mol. The van der Waals surface area contributed by atoms with Gasteiger partial charge >= 0.3 is 5.97 Å². The number of hydrogen-bond acceptors (Lipinski definition) is 15. The van der Waals surface area contributed by atoms with E-state index in [1.807, 2.05) is 0 Å². The minimum Gasteiger partial charge on any atom is -0.507 e. The largest absolute Gasteiger partial charge is 0.507 e. The lowest BCUT2D eigenvalue weighted by atomic mass is 9.89. The molecule has 1 aliphatic heterocycles. The Morgan fingerprint density at radius 2 is 1.34 bits per heavy atom. The predicted molar refractivity (Wildman–Crippen MR) is 134 cm³/mol. The highest BCUT2D eigenvalue weighted by Gasteiger charge is 2.47. The van der Waals surface area contributed by atoms with E-state index in [4.69, 9.17) is 13.9 Å². The molecule has 41 heavy (non-hydrogen) atoms. The van der Waals surface area contributed by atoms with Gasteiger partial charge < -0.3 is 65.0 Å². The first-order valence-corrected chi connectivity index (χ1v) is 11.8. The highest BCUT2D eigenvalue weighted by molar-refractivity contribution is 5.96. The molecular formula is C26H22O15. The van der Waals surface area contributed by atoms with Crippen molar-refractivity contribution in [2.75, 3.05) is 6.61 Å². The number of phenolic OH excluding ortho intramolecular Hbond substituents is 7. The Balaban J connectivity index is 1.50. The molecule has 0 amide bonds. The summed E-state index contributed by atoms with van der Waals surface area (Å²) < 4.78 is 16.1. The zero-order valence-electron chi connectivity index (χ0n) is 20.5. The molecule has 2 heterocycles. The highest BCUT2D eigenvalue weighted by atomic mass is 16.6. The molecule has 5 rings (SSSR count). The summed E-state index contributed by atoms with van der Waals surface area (Å²) in [6.07, 6.45) is -9.19. The molecule has 0 radical (unpaired) electrons. The third-order valence-electron chi connectivity index (χ3n) is 6.73. The van der Waals surface area contributed by atoms with Crippen LogP contribution in [-0.2, 0) is 9.47 Å². The van der Waals surface area contributed by atoms with E-state index in [2.05, 4.69) is 0 Å². The lowest BCUT2D eigenvalue weighted by Crippen LogP contribution is -2.55. The maximum absolute atomic E-state index is 13.2. The van der Waals surface area contributed by atoms with E-state index in [1.165, 1.54) is 0 Å². The Morgan fingerprint density at radius 3 is 2.00 bits per heavy atom. The molecule has 5 atom stereocenters. The molecule has 1 aromatic heterocycles.